The van der Waals surface area contributed by atoms with Crippen molar-refractivity contribution in [2.24, 2.45) is 0 Å². The Hall–Kier alpha value is -1.51. The fourth-order valence-electron chi connectivity index (χ4n) is 1.08. The maximum Gasteiger partial charge on any atom is 0.310 e. The van der Waals surface area contributed by atoms with Crippen molar-refractivity contribution in [3.63, 3.8) is 0 Å². The van der Waals surface area contributed by atoms with Crippen LogP contribution in [0, 0.1) is 0 Å². The van der Waals surface area contributed by atoms with E-state index in [9.17, 15) is 4.79 Å². The standard InChI is InChI=1S/C10H13NO2.C2H6/c1-2-13-10(12)7-8-4-3-5-9(11)6-8;1-2/h3-6H,2,7,11H2,1H3;1-2H3. The van der Waals surface area contributed by atoms with E-state index in [-0.39, 0.29) is 5.97 Å². The molecule has 1 aromatic carbocycles. The minimum absolute atomic E-state index is 0.215. The Kier molecular flexibility index (Phi) is 7.06. The Labute approximate surface area is 91.2 Å². The number of carbonyl (C=O) groups excluding carboxylic acids is 1. The van der Waals surface area contributed by atoms with Crippen LogP contribution in [0.5, 0.6) is 0 Å². The fourth-order valence-corrected chi connectivity index (χ4v) is 1.08. The Morgan fingerprint density at radius 2 is 2.07 bits per heavy atom. The van der Waals surface area contributed by atoms with Gasteiger partial charge in [0.1, 0.15) is 0 Å². The number of hydrogen-bond acceptors (Lipinski definition) is 3. The Bertz CT molecular complexity index is 297. The molecule has 0 bridgehead atoms. The number of nitrogens with two attached hydrogens (primary N) is 1. The van der Waals surface area contributed by atoms with E-state index in [2.05, 4.69) is 0 Å². The van der Waals surface area contributed by atoms with Crippen molar-refractivity contribution in [2.75, 3.05) is 12.3 Å². The molecule has 3 nitrogen and oxygen atoms in total. The van der Waals surface area contributed by atoms with Gasteiger partial charge < -0.3 is 10.5 Å². The van der Waals surface area contributed by atoms with Gasteiger partial charge in [0.05, 0.1) is 13.0 Å². The van der Waals surface area contributed by atoms with Gasteiger partial charge in [-0.1, -0.05) is 26.0 Å². The molecule has 0 atom stereocenters. The van der Waals surface area contributed by atoms with E-state index in [0.29, 0.717) is 18.7 Å². The van der Waals surface area contributed by atoms with E-state index >= 15 is 0 Å². The first-order valence-electron chi connectivity index (χ1n) is 5.22. The molecule has 0 saturated heterocycles. The van der Waals surface area contributed by atoms with Gasteiger partial charge in [-0.05, 0) is 24.6 Å². The van der Waals surface area contributed by atoms with Crippen molar-refractivity contribution in [3.05, 3.63) is 29.8 Å². The number of nitrogen functional groups attached to an aromatic ring is 1. The highest BCUT2D eigenvalue weighted by molar-refractivity contribution is 5.72. The van der Waals surface area contributed by atoms with Crippen molar-refractivity contribution >= 4 is 11.7 Å². The SMILES string of the molecule is CC.CCOC(=O)Cc1cccc(N)c1. The normalized spacial score (nSPS) is 8.73. The predicted molar refractivity (Wildman–Crippen MR) is 62.5 cm³/mol. The first kappa shape index (κ1) is 13.5. The number of esters is 1. The Morgan fingerprint density at radius 3 is 2.60 bits per heavy atom. The first-order chi connectivity index (χ1) is 7.22. The summed E-state index contributed by atoms with van der Waals surface area (Å²) in [6.45, 7) is 6.21. The number of hydrogen-bond donors (Lipinski definition) is 1. The summed E-state index contributed by atoms with van der Waals surface area (Å²) in [6.07, 6.45) is 0.291. The van der Waals surface area contributed by atoms with Gasteiger partial charge in [0.15, 0.2) is 0 Å². The zero-order valence-corrected chi connectivity index (χ0v) is 9.62. The summed E-state index contributed by atoms with van der Waals surface area (Å²) >= 11 is 0. The largest absolute Gasteiger partial charge is 0.466 e. The molecule has 0 heterocycles. The van der Waals surface area contributed by atoms with Crippen LogP contribution >= 0.6 is 0 Å². The van der Waals surface area contributed by atoms with Crippen LogP contribution in [-0.2, 0) is 16.0 Å². The third-order valence-corrected chi connectivity index (χ3v) is 1.60. The molecule has 0 aliphatic heterocycles. The van der Waals surface area contributed by atoms with E-state index in [0.717, 1.165) is 5.56 Å². The summed E-state index contributed by atoms with van der Waals surface area (Å²) in [7, 11) is 0. The van der Waals surface area contributed by atoms with Gasteiger partial charge in [0, 0.05) is 5.69 Å². The lowest BCUT2D eigenvalue weighted by Gasteiger charge is -2.02. The van der Waals surface area contributed by atoms with Crippen LogP contribution in [0.2, 0.25) is 0 Å². The zero-order chi connectivity index (χ0) is 11.7. The van der Waals surface area contributed by atoms with Gasteiger partial charge >= 0.3 is 5.97 Å². The van der Waals surface area contributed by atoms with Crippen LogP contribution in [0.1, 0.15) is 26.3 Å². The average molecular weight is 209 g/mol. The minimum Gasteiger partial charge on any atom is -0.466 e. The van der Waals surface area contributed by atoms with Crippen LogP contribution in [0.3, 0.4) is 0 Å². The van der Waals surface area contributed by atoms with Crippen LogP contribution in [0.4, 0.5) is 5.69 Å². The van der Waals surface area contributed by atoms with Gasteiger partial charge in [0.25, 0.3) is 0 Å². The van der Waals surface area contributed by atoms with E-state index in [1.807, 2.05) is 26.0 Å². The number of ether oxygens (including phenoxy) is 1. The molecule has 1 aromatic rings. The van der Waals surface area contributed by atoms with Gasteiger partial charge in [-0.15, -0.1) is 0 Å². The molecule has 1 rings (SSSR count). The van der Waals surface area contributed by atoms with Gasteiger partial charge in [0.2, 0.25) is 0 Å². The molecule has 0 aromatic heterocycles. The van der Waals surface area contributed by atoms with Crippen molar-refractivity contribution in [1.29, 1.82) is 0 Å². The number of benzene rings is 1. The molecule has 0 saturated carbocycles. The molecule has 0 spiro atoms. The first-order valence-corrected chi connectivity index (χ1v) is 5.22. The molecule has 3 heteroatoms. The molecule has 0 unspecified atom stereocenters. The summed E-state index contributed by atoms with van der Waals surface area (Å²) in [5.41, 5.74) is 7.11. The quantitative estimate of drug-likeness (QED) is 0.614. The van der Waals surface area contributed by atoms with Crippen LogP contribution in [-0.4, -0.2) is 12.6 Å². The molecular weight excluding hydrogens is 190 g/mol. The molecule has 0 aliphatic carbocycles. The van der Waals surface area contributed by atoms with Crippen LogP contribution in [0.25, 0.3) is 0 Å². The molecular formula is C12H19NO2. The van der Waals surface area contributed by atoms with E-state index in [4.69, 9.17) is 10.5 Å². The summed E-state index contributed by atoms with van der Waals surface area (Å²) in [6, 6.07) is 7.24. The number of anilines is 1. The lowest BCUT2D eigenvalue weighted by Crippen LogP contribution is -2.07. The highest BCUT2D eigenvalue weighted by Gasteiger charge is 2.02. The van der Waals surface area contributed by atoms with Crippen LogP contribution in [0.15, 0.2) is 24.3 Å². The van der Waals surface area contributed by atoms with Crippen molar-refractivity contribution in [3.8, 4) is 0 Å². The smallest absolute Gasteiger partial charge is 0.310 e. The van der Waals surface area contributed by atoms with Crippen molar-refractivity contribution in [1.82, 2.24) is 0 Å². The molecule has 2 N–H and O–H groups in total. The summed E-state index contributed by atoms with van der Waals surface area (Å²) in [5.74, 6) is -0.215. The lowest BCUT2D eigenvalue weighted by molar-refractivity contribution is -0.142. The van der Waals surface area contributed by atoms with Gasteiger partial charge in [-0.2, -0.15) is 0 Å². The molecule has 0 aliphatic rings. The van der Waals surface area contributed by atoms with Gasteiger partial charge in [-0.25, -0.2) is 0 Å². The summed E-state index contributed by atoms with van der Waals surface area (Å²) < 4.78 is 4.81. The van der Waals surface area contributed by atoms with Crippen molar-refractivity contribution < 1.29 is 9.53 Å². The van der Waals surface area contributed by atoms with Crippen LogP contribution < -0.4 is 5.73 Å². The van der Waals surface area contributed by atoms with Crippen molar-refractivity contribution in [2.45, 2.75) is 27.2 Å². The number of carbonyl (C=O) groups is 1. The second-order valence-corrected chi connectivity index (χ2v) is 2.73. The Balaban J connectivity index is 0.000000921. The molecule has 84 valence electrons. The van der Waals surface area contributed by atoms with E-state index in [1.165, 1.54) is 0 Å². The lowest BCUT2D eigenvalue weighted by atomic mass is 10.1. The Morgan fingerprint density at radius 1 is 1.40 bits per heavy atom. The fraction of sp³-hybridized carbons (Fsp3) is 0.417. The third kappa shape index (κ3) is 5.73. The third-order valence-electron chi connectivity index (χ3n) is 1.60. The topological polar surface area (TPSA) is 52.3 Å². The second kappa shape index (κ2) is 7.85. The maximum atomic E-state index is 11.1. The summed E-state index contributed by atoms with van der Waals surface area (Å²) in [5, 5.41) is 0. The average Bonchev–Trinajstić information content (AvgIpc) is 2.21. The summed E-state index contributed by atoms with van der Waals surface area (Å²) in [4.78, 5) is 11.1. The predicted octanol–water partition coefficient (Wildman–Crippen LogP) is 2.40. The molecule has 0 amide bonds. The second-order valence-electron chi connectivity index (χ2n) is 2.73. The molecule has 0 radical (unpaired) electrons. The van der Waals surface area contributed by atoms with Gasteiger partial charge in [-0.3, -0.25) is 4.79 Å². The number of rotatable bonds is 3. The molecule has 15 heavy (non-hydrogen) atoms. The molecule has 0 fully saturated rings. The van der Waals surface area contributed by atoms with E-state index < -0.39 is 0 Å². The highest BCUT2D eigenvalue weighted by atomic mass is 16.5. The monoisotopic (exact) mass is 209 g/mol. The highest BCUT2D eigenvalue weighted by Crippen LogP contribution is 2.07. The maximum absolute atomic E-state index is 11.1. The van der Waals surface area contributed by atoms with E-state index in [1.54, 1.807) is 19.1 Å². The minimum atomic E-state index is -0.215. The zero-order valence-electron chi connectivity index (χ0n) is 9.62.